The van der Waals surface area contributed by atoms with Crippen LogP contribution in [0.4, 0.5) is 0 Å². The Hall–Kier alpha value is -0.570. The van der Waals surface area contributed by atoms with Gasteiger partial charge in [0.05, 0.1) is 5.92 Å². The molecule has 2 aliphatic rings. The molecular weight excluding hydrogens is 214 g/mol. The van der Waals surface area contributed by atoms with Crippen LogP contribution in [0.3, 0.4) is 0 Å². The van der Waals surface area contributed by atoms with Gasteiger partial charge in [-0.3, -0.25) is 4.79 Å². The van der Waals surface area contributed by atoms with E-state index in [0.29, 0.717) is 0 Å². The summed E-state index contributed by atoms with van der Waals surface area (Å²) >= 11 is 0. The van der Waals surface area contributed by atoms with Crippen molar-refractivity contribution < 1.29 is 9.53 Å². The van der Waals surface area contributed by atoms with Crippen molar-refractivity contribution >= 4 is 5.97 Å². The topological polar surface area (TPSA) is 52.3 Å². The lowest BCUT2D eigenvalue weighted by molar-refractivity contribution is -0.156. The Kier molecular flexibility index (Phi) is 4.43. The van der Waals surface area contributed by atoms with E-state index in [1.165, 1.54) is 19.3 Å². The Bertz CT molecular complexity index is 267. The van der Waals surface area contributed by atoms with Crippen molar-refractivity contribution in [3.05, 3.63) is 0 Å². The lowest BCUT2D eigenvalue weighted by atomic mass is 9.85. The minimum atomic E-state index is -0.0308. The van der Waals surface area contributed by atoms with Gasteiger partial charge in [-0.15, -0.1) is 0 Å². The van der Waals surface area contributed by atoms with E-state index in [9.17, 15) is 4.79 Å². The number of carbonyl (C=O) groups is 1. The zero-order valence-corrected chi connectivity index (χ0v) is 10.9. The second kappa shape index (κ2) is 5.85. The van der Waals surface area contributed by atoms with E-state index in [1.54, 1.807) is 0 Å². The van der Waals surface area contributed by atoms with Crippen LogP contribution in [-0.4, -0.2) is 18.1 Å². The monoisotopic (exact) mass is 239 g/mol. The molecule has 2 saturated carbocycles. The second-order valence-corrected chi connectivity index (χ2v) is 5.70. The molecule has 0 aromatic rings. The molecule has 4 unspecified atom stereocenters. The fourth-order valence-corrected chi connectivity index (χ4v) is 3.25. The summed E-state index contributed by atoms with van der Waals surface area (Å²) in [5, 5.41) is 0. The number of nitrogens with two attached hydrogens (primary N) is 1. The first-order valence-electron chi connectivity index (χ1n) is 7.16. The standard InChI is InChI=1S/C14H25NO2/c1-2-10-5-3-6-11(9-10)17-14(16)12-7-4-8-13(12)15/h10-13H,2-9,15H2,1H3. The summed E-state index contributed by atoms with van der Waals surface area (Å²) < 4.78 is 5.66. The van der Waals surface area contributed by atoms with Crippen molar-refractivity contribution in [2.75, 3.05) is 0 Å². The summed E-state index contributed by atoms with van der Waals surface area (Å²) in [5.74, 6) is 0.688. The van der Waals surface area contributed by atoms with E-state index < -0.39 is 0 Å². The highest BCUT2D eigenvalue weighted by molar-refractivity contribution is 5.73. The van der Waals surface area contributed by atoms with Gasteiger partial charge in [0.25, 0.3) is 0 Å². The van der Waals surface area contributed by atoms with Crippen molar-refractivity contribution in [1.29, 1.82) is 0 Å². The van der Waals surface area contributed by atoms with Crippen molar-refractivity contribution in [3.63, 3.8) is 0 Å². The lowest BCUT2D eigenvalue weighted by Crippen LogP contribution is -2.35. The minimum Gasteiger partial charge on any atom is -0.462 e. The Labute approximate surface area is 104 Å². The molecule has 4 atom stereocenters. The summed E-state index contributed by atoms with van der Waals surface area (Å²) in [6, 6.07) is 0.0352. The zero-order chi connectivity index (χ0) is 12.3. The fourth-order valence-electron chi connectivity index (χ4n) is 3.25. The molecule has 0 bridgehead atoms. The van der Waals surface area contributed by atoms with Crippen LogP contribution in [0.2, 0.25) is 0 Å². The molecule has 2 fully saturated rings. The number of hydrogen-bond acceptors (Lipinski definition) is 3. The van der Waals surface area contributed by atoms with Crippen molar-refractivity contribution in [2.45, 2.75) is 70.4 Å². The Morgan fingerprint density at radius 3 is 2.65 bits per heavy atom. The first kappa shape index (κ1) is 12.9. The molecule has 2 rings (SSSR count). The van der Waals surface area contributed by atoms with Crippen molar-refractivity contribution in [2.24, 2.45) is 17.6 Å². The molecule has 2 N–H and O–H groups in total. The molecular formula is C14H25NO2. The number of ether oxygens (including phenoxy) is 1. The highest BCUT2D eigenvalue weighted by atomic mass is 16.5. The van der Waals surface area contributed by atoms with Gasteiger partial charge in [-0.1, -0.05) is 26.2 Å². The first-order chi connectivity index (χ1) is 8.20. The van der Waals surface area contributed by atoms with Gasteiger partial charge < -0.3 is 10.5 Å². The third kappa shape index (κ3) is 3.21. The molecule has 17 heavy (non-hydrogen) atoms. The molecule has 3 nitrogen and oxygen atoms in total. The molecule has 0 heterocycles. The van der Waals surface area contributed by atoms with Crippen molar-refractivity contribution in [3.8, 4) is 0 Å². The highest BCUT2D eigenvalue weighted by Crippen LogP contribution is 2.31. The van der Waals surface area contributed by atoms with Crippen LogP contribution in [0.15, 0.2) is 0 Å². The maximum Gasteiger partial charge on any atom is 0.310 e. The van der Waals surface area contributed by atoms with Gasteiger partial charge in [0, 0.05) is 6.04 Å². The van der Waals surface area contributed by atoms with Crippen LogP contribution in [0.25, 0.3) is 0 Å². The van der Waals surface area contributed by atoms with Crippen LogP contribution in [0.5, 0.6) is 0 Å². The highest BCUT2D eigenvalue weighted by Gasteiger charge is 2.33. The smallest absolute Gasteiger partial charge is 0.310 e. The van der Waals surface area contributed by atoms with Gasteiger partial charge in [0.2, 0.25) is 0 Å². The molecule has 0 radical (unpaired) electrons. The van der Waals surface area contributed by atoms with Crippen LogP contribution in [0.1, 0.15) is 58.3 Å². The number of esters is 1. The quantitative estimate of drug-likeness (QED) is 0.770. The third-order valence-corrected chi connectivity index (χ3v) is 4.47. The van der Waals surface area contributed by atoms with Gasteiger partial charge in [-0.25, -0.2) is 0 Å². The van der Waals surface area contributed by atoms with Gasteiger partial charge >= 0.3 is 5.97 Å². The van der Waals surface area contributed by atoms with E-state index in [2.05, 4.69) is 6.92 Å². The summed E-state index contributed by atoms with van der Waals surface area (Å²) in [4.78, 5) is 12.0. The fraction of sp³-hybridized carbons (Fsp3) is 0.929. The van der Waals surface area contributed by atoms with Crippen LogP contribution >= 0.6 is 0 Å². The maximum atomic E-state index is 12.0. The van der Waals surface area contributed by atoms with E-state index in [-0.39, 0.29) is 24.0 Å². The van der Waals surface area contributed by atoms with Crippen molar-refractivity contribution in [1.82, 2.24) is 0 Å². The van der Waals surface area contributed by atoms with Crippen LogP contribution in [0, 0.1) is 11.8 Å². The molecule has 98 valence electrons. The van der Waals surface area contributed by atoms with E-state index >= 15 is 0 Å². The zero-order valence-electron chi connectivity index (χ0n) is 10.9. The van der Waals surface area contributed by atoms with Gasteiger partial charge in [0.1, 0.15) is 6.10 Å². The largest absolute Gasteiger partial charge is 0.462 e. The predicted molar refractivity (Wildman–Crippen MR) is 67.4 cm³/mol. The SMILES string of the molecule is CCC1CCCC(OC(=O)C2CCCC2N)C1. The number of rotatable bonds is 3. The molecule has 0 aromatic carbocycles. The predicted octanol–water partition coefficient (Wildman–Crippen LogP) is 2.63. The van der Waals surface area contributed by atoms with Gasteiger partial charge in [-0.2, -0.15) is 0 Å². The summed E-state index contributed by atoms with van der Waals surface area (Å²) in [5.41, 5.74) is 5.94. The van der Waals surface area contributed by atoms with Gasteiger partial charge in [-0.05, 0) is 38.0 Å². The molecule has 0 saturated heterocycles. The average Bonchev–Trinajstić information content (AvgIpc) is 2.76. The molecule has 0 spiro atoms. The molecule has 2 aliphatic carbocycles. The van der Waals surface area contributed by atoms with Crippen LogP contribution in [-0.2, 0) is 9.53 Å². The van der Waals surface area contributed by atoms with Crippen LogP contribution < -0.4 is 5.73 Å². The third-order valence-electron chi connectivity index (χ3n) is 4.47. The first-order valence-corrected chi connectivity index (χ1v) is 7.16. The summed E-state index contributed by atoms with van der Waals surface area (Å²) in [6.07, 6.45) is 8.94. The Morgan fingerprint density at radius 1 is 1.24 bits per heavy atom. The van der Waals surface area contributed by atoms with E-state index in [4.69, 9.17) is 10.5 Å². The maximum absolute atomic E-state index is 12.0. The summed E-state index contributed by atoms with van der Waals surface area (Å²) in [6.45, 7) is 2.22. The average molecular weight is 239 g/mol. The Morgan fingerprint density at radius 2 is 2.00 bits per heavy atom. The molecule has 3 heteroatoms. The Balaban J connectivity index is 1.81. The number of carbonyl (C=O) groups excluding carboxylic acids is 1. The lowest BCUT2D eigenvalue weighted by Gasteiger charge is -2.29. The normalized spacial score (nSPS) is 38.0. The van der Waals surface area contributed by atoms with Gasteiger partial charge in [0.15, 0.2) is 0 Å². The minimum absolute atomic E-state index is 0.0306. The summed E-state index contributed by atoms with van der Waals surface area (Å²) in [7, 11) is 0. The van der Waals surface area contributed by atoms with E-state index in [0.717, 1.165) is 38.0 Å². The molecule has 0 aromatic heterocycles. The number of hydrogen-bond donors (Lipinski definition) is 1. The molecule has 0 amide bonds. The van der Waals surface area contributed by atoms with E-state index in [1.807, 2.05) is 0 Å². The molecule has 0 aliphatic heterocycles. The second-order valence-electron chi connectivity index (χ2n) is 5.70.